The summed E-state index contributed by atoms with van der Waals surface area (Å²) in [5.74, 6) is -0.397. The second-order valence-corrected chi connectivity index (χ2v) is 6.43. The Morgan fingerprint density at radius 2 is 1.79 bits per heavy atom. The third-order valence-corrected chi connectivity index (χ3v) is 4.37. The van der Waals surface area contributed by atoms with E-state index in [-0.39, 0.29) is 11.5 Å². The summed E-state index contributed by atoms with van der Waals surface area (Å²) in [7, 11) is 1.63. The van der Waals surface area contributed by atoms with E-state index in [4.69, 9.17) is 9.47 Å². The van der Waals surface area contributed by atoms with Crippen molar-refractivity contribution in [2.45, 2.75) is 38.1 Å². The average molecular weight is 334 g/mol. The average Bonchev–Trinajstić information content (AvgIpc) is 2.60. The predicted octanol–water partition coefficient (Wildman–Crippen LogP) is 1.38. The predicted molar refractivity (Wildman–Crippen MR) is 91.0 cm³/mol. The number of methoxy groups -OCH3 is 1. The maximum Gasteiger partial charge on any atom is 0.309 e. The number of nitrogens with one attached hydrogen (secondary N) is 2. The Hall–Kier alpha value is -2.08. The van der Waals surface area contributed by atoms with Crippen LogP contribution >= 0.6 is 0 Å². The largest absolute Gasteiger partial charge is 0.497 e. The maximum absolute atomic E-state index is 12.0. The van der Waals surface area contributed by atoms with Crippen molar-refractivity contribution in [3.05, 3.63) is 29.8 Å². The summed E-state index contributed by atoms with van der Waals surface area (Å²) >= 11 is 0. The molecule has 1 aromatic carbocycles. The number of rotatable bonds is 5. The number of hydrogen-bond acceptors (Lipinski definition) is 4. The lowest BCUT2D eigenvalue weighted by molar-refractivity contribution is -0.139. The second kappa shape index (κ2) is 8.15. The first-order valence-corrected chi connectivity index (χ1v) is 8.28. The van der Waals surface area contributed by atoms with E-state index in [0.29, 0.717) is 19.8 Å². The quantitative estimate of drug-likeness (QED) is 0.798. The van der Waals surface area contributed by atoms with E-state index in [2.05, 4.69) is 10.6 Å². The van der Waals surface area contributed by atoms with Crippen LogP contribution in [0.3, 0.4) is 0 Å². The Bertz CT molecular complexity index is 563. The van der Waals surface area contributed by atoms with Crippen LogP contribution in [0.2, 0.25) is 0 Å². The third-order valence-electron chi connectivity index (χ3n) is 4.37. The molecule has 1 aromatic rings. The summed E-state index contributed by atoms with van der Waals surface area (Å²) in [6.45, 7) is 5.33. The zero-order chi connectivity index (χ0) is 17.6. The van der Waals surface area contributed by atoms with Crippen molar-refractivity contribution < 1.29 is 19.1 Å². The van der Waals surface area contributed by atoms with Gasteiger partial charge in [-0.1, -0.05) is 12.1 Å². The molecule has 0 spiro atoms. The molecule has 0 bridgehead atoms. The molecule has 2 N–H and O–H groups in total. The minimum atomic E-state index is -0.595. The lowest BCUT2D eigenvalue weighted by atomic mass is 9.74. The highest BCUT2D eigenvalue weighted by Crippen LogP contribution is 2.35. The molecule has 6 nitrogen and oxygen atoms in total. The highest BCUT2D eigenvalue weighted by atomic mass is 16.5. The number of benzene rings is 1. The number of carbonyl (C=O) groups excluding carboxylic acids is 2. The molecular weight excluding hydrogens is 308 g/mol. The van der Waals surface area contributed by atoms with E-state index in [1.165, 1.54) is 0 Å². The van der Waals surface area contributed by atoms with Gasteiger partial charge in [0.1, 0.15) is 5.75 Å². The number of ether oxygens (including phenoxy) is 2. The highest BCUT2D eigenvalue weighted by molar-refractivity contribution is 6.35. The van der Waals surface area contributed by atoms with Gasteiger partial charge >= 0.3 is 11.8 Å². The van der Waals surface area contributed by atoms with E-state index in [1.807, 2.05) is 38.1 Å². The maximum atomic E-state index is 12.0. The summed E-state index contributed by atoms with van der Waals surface area (Å²) in [6.07, 6.45) is 1.59. The number of hydrogen-bond donors (Lipinski definition) is 2. The number of carbonyl (C=O) groups is 2. The van der Waals surface area contributed by atoms with Crippen molar-refractivity contribution in [1.29, 1.82) is 0 Å². The zero-order valence-electron chi connectivity index (χ0n) is 14.6. The van der Waals surface area contributed by atoms with Gasteiger partial charge in [-0.25, -0.2) is 0 Å². The summed E-state index contributed by atoms with van der Waals surface area (Å²) in [5, 5.41) is 5.39. The van der Waals surface area contributed by atoms with Crippen LogP contribution in [0.15, 0.2) is 24.3 Å². The SMILES string of the molecule is COc1ccc(C2(CNC(=O)C(=O)NC(C)C)CCOCC2)cc1. The Kier molecular flexibility index (Phi) is 6.20. The molecule has 2 rings (SSSR count). The minimum Gasteiger partial charge on any atom is -0.497 e. The van der Waals surface area contributed by atoms with Gasteiger partial charge < -0.3 is 20.1 Å². The van der Waals surface area contributed by atoms with Gasteiger partial charge in [0.05, 0.1) is 7.11 Å². The molecule has 2 amide bonds. The molecule has 1 aliphatic rings. The summed E-state index contributed by atoms with van der Waals surface area (Å²) in [6, 6.07) is 7.80. The standard InChI is InChI=1S/C18H26N2O4/c1-13(2)20-17(22)16(21)19-12-18(8-10-24-11-9-18)14-4-6-15(23-3)7-5-14/h4-7,13H,8-12H2,1-3H3,(H,19,21)(H,20,22). The van der Waals surface area contributed by atoms with Gasteiger partial charge in [-0.3, -0.25) is 9.59 Å². The van der Waals surface area contributed by atoms with E-state index >= 15 is 0 Å². The van der Waals surface area contributed by atoms with Crippen molar-refractivity contribution in [3.8, 4) is 5.75 Å². The smallest absolute Gasteiger partial charge is 0.309 e. The lowest BCUT2D eigenvalue weighted by Gasteiger charge is -2.38. The molecule has 1 saturated heterocycles. The van der Waals surface area contributed by atoms with Crippen LogP contribution in [0.5, 0.6) is 5.75 Å². The number of amides is 2. The molecular formula is C18H26N2O4. The van der Waals surface area contributed by atoms with Gasteiger partial charge in [0.25, 0.3) is 0 Å². The Balaban J connectivity index is 2.10. The van der Waals surface area contributed by atoms with Crippen LogP contribution in [-0.2, 0) is 19.7 Å². The molecule has 1 aliphatic heterocycles. The summed E-state index contributed by atoms with van der Waals surface area (Å²) in [5.41, 5.74) is 0.898. The van der Waals surface area contributed by atoms with Crippen LogP contribution in [0.25, 0.3) is 0 Å². The second-order valence-electron chi connectivity index (χ2n) is 6.43. The first kappa shape index (κ1) is 18.3. The zero-order valence-corrected chi connectivity index (χ0v) is 14.6. The summed E-state index contributed by atoms with van der Waals surface area (Å²) in [4.78, 5) is 23.8. The Morgan fingerprint density at radius 3 is 2.33 bits per heavy atom. The lowest BCUT2D eigenvalue weighted by Crippen LogP contribution is -2.49. The van der Waals surface area contributed by atoms with Gasteiger partial charge in [0.2, 0.25) is 0 Å². The van der Waals surface area contributed by atoms with E-state index in [0.717, 1.165) is 24.2 Å². The Labute approximate surface area is 142 Å². The van der Waals surface area contributed by atoms with E-state index in [9.17, 15) is 9.59 Å². The highest BCUT2D eigenvalue weighted by Gasteiger charge is 2.35. The van der Waals surface area contributed by atoms with Crippen LogP contribution in [-0.4, -0.2) is 44.7 Å². The molecule has 0 saturated carbocycles. The van der Waals surface area contributed by atoms with Crippen molar-refractivity contribution in [2.24, 2.45) is 0 Å². The molecule has 0 aliphatic carbocycles. The van der Waals surface area contributed by atoms with Crippen LogP contribution in [0.1, 0.15) is 32.3 Å². The van der Waals surface area contributed by atoms with Crippen molar-refractivity contribution in [2.75, 3.05) is 26.9 Å². The molecule has 0 unspecified atom stereocenters. The topological polar surface area (TPSA) is 76.7 Å². The first-order chi connectivity index (χ1) is 11.5. The van der Waals surface area contributed by atoms with E-state index in [1.54, 1.807) is 7.11 Å². The molecule has 6 heteroatoms. The normalized spacial score (nSPS) is 16.5. The van der Waals surface area contributed by atoms with Crippen molar-refractivity contribution >= 4 is 11.8 Å². The van der Waals surface area contributed by atoms with Crippen LogP contribution < -0.4 is 15.4 Å². The van der Waals surface area contributed by atoms with Gasteiger partial charge in [-0.05, 0) is 44.4 Å². The fourth-order valence-corrected chi connectivity index (χ4v) is 2.93. The van der Waals surface area contributed by atoms with Crippen molar-refractivity contribution in [1.82, 2.24) is 10.6 Å². The van der Waals surface area contributed by atoms with Gasteiger partial charge in [0, 0.05) is 31.2 Å². The van der Waals surface area contributed by atoms with E-state index < -0.39 is 11.8 Å². The van der Waals surface area contributed by atoms with Gasteiger partial charge in [-0.2, -0.15) is 0 Å². The molecule has 1 heterocycles. The van der Waals surface area contributed by atoms with Crippen LogP contribution in [0.4, 0.5) is 0 Å². The molecule has 0 aromatic heterocycles. The molecule has 0 atom stereocenters. The minimum absolute atomic E-state index is 0.0677. The molecule has 132 valence electrons. The van der Waals surface area contributed by atoms with Gasteiger partial charge in [-0.15, -0.1) is 0 Å². The van der Waals surface area contributed by atoms with Crippen molar-refractivity contribution in [3.63, 3.8) is 0 Å². The first-order valence-electron chi connectivity index (χ1n) is 8.28. The van der Waals surface area contributed by atoms with Gasteiger partial charge in [0.15, 0.2) is 0 Å². The fourth-order valence-electron chi connectivity index (χ4n) is 2.93. The van der Waals surface area contributed by atoms with Crippen LogP contribution in [0, 0.1) is 0 Å². The molecule has 0 radical (unpaired) electrons. The Morgan fingerprint density at radius 1 is 1.17 bits per heavy atom. The molecule has 1 fully saturated rings. The third kappa shape index (κ3) is 4.47. The fraction of sp³-hybridized carbons (Fsp3) is 0.556. The monoisotopic (exact) mass is 334 g/mol. The molecule has 24 heavy (non-hydrogen) atoms. The summed E-state index contributed by atoms with van der Waals surface area (Å²) < 4.78 is 10.7.